The minimum atomic E-state index is -1.04. The fourth-order valence-corrected chi connectivity index (χ4v) is 3.26. The second-order valence-corrected chi connectivity index (χ2v) is 5.96. The SMILES string of the molecule is O=C(O)c1cn(CC(=O)N2CCCCC2)c2cccc(Cl)c12. The lowest BCUT2D eigenvalue weighted by Gasteiger charge is -2.27. The van der Waals surface area contributed by atoms with Gasteiger partial charge in [-0.2, -0.15) is 0 Å². The molecule has 1 saturated heterocycles. The maximum absolute atomic E-state index is 12.4. The second-order valence-electron chi connectivity index (χ2n) is 5.55. The predicted molar refractivity (Wildman–Crippen MR) is 84.3 cm³/mol. The molecule has 3 rings (SSSR count). The number of hydrogen-bond donors (Lipinski definition) is 1. The highest BCUT2D eigenvalue weighted by molar-refractivity contribution is 6.36. The molecule has 2 aromatic rings. The largest absolute Gasteiger partial charge is 0.478 e. The Morgan fingerprint density at radius 2 is 1.91 bits per heavy atom. The number of likely N-dealkylation sites (tertiary alicyclic amines) is 1. The molecule has 1 aliphatic rings. The average Bonchev–Trinajstić information content (AvgIpc) is 2.89. The summed E-state index contributed by atoms with van der Waals surface area (Å²) in [5.41, 5.74) is 0.808. The third-order valence-electron chi connectivity index (χ3n) is 4.10. The van der Waals surface area contributed by atoms with Crippen LogP contribution in [0.15, 0.2) is 24.4 Å². The van der Waals surface area contributed by atoms with Crippen LogP contribution in [-0.2, 0) is 11.3 Å². The Balaban J connectivity index is 1.95. The molecular formula is C16H17ClN2O3. The summed E-state index contributed by atoms with van der Waals surface area (Å²) in [6, 6.07) is 5.21. The van der Waals surface area contributed by atoms with Crippen molar-refractivity contribution in [1.29, 1.82) is 0 Å². The third kappa shape index (κ3) is 2.68. The van der Waals surface area contributed by atoms with Gasteiger partial charge in [-0.3, -0.25) is 4.79 Å². The van der Waals surface area contributed by atoms with Crippen molar-refractivity contribution in [3.05, 3.63) is 35.0 Å². The van der Waals surface area contributed by atoms with Gasteiger partial charge in [-0.1, -0.05) is 17.7 Å². The highest BCUT2D eigenvalue weighted by atomic mass is 35.5. The Morgan fingerprint density at radius 3 is 2.59 bits per heavy atom. The highest BCUT2D eigenvalue weighted by Crippen LogP contribution is 2.29. The Morgan fingerprint density at radius 1 is 1.18 bits per heavy atom. The zero-order valence-electron chi connectivity index (χ0n) is 12.1. The molecular weight excluding hydrogens is 304 g/mol. The van der Waals surface area contributed by atoms with Crippen molar-refractivity contribution in [1.82, 2.24) is 9.47 Å². The van der Waals surface area contributed by atoms with Crippen molar-refractivity contribution in [2.75, 3.05) is 13.1 Å². The van der Waals surface area contributed by atoms with Crippen LogP contribution in [0.2, 0.25) is 5.02 Å². The summed E-state index contributed by atoms with van der Waals surface area (Å²) in [7, 11) is 0. The van der Waals surface area contributed by atoms with Crippen LogP contribution in [-0.4, -0.2) is 39.5 Å². The molecule has 0 bridgehead atoms. The molecule has 0 aliphatic carbocycles. The van der Waals surface area contributed by atoms with Gasteiger partial charge in [0.1, 0.15) is 6.54 Å². The maximum Gasteiger partial charge on any atom is 0.337 e. The summed E-state index contributed by atoms with van der Waals surface area (Å²) < 4.78 is 1.68. The van der Waals surface area contributed by atoms with Gasteiger partial charge in [0.2, 0.25) is 5.91 Å². The van der Waals surface area contributed by atoms with E-state index in [4.69, 9.17) is 11.6 Å². The lowest BCUT2D eigenvalue weighted by Crippen LogP contribution is -2.37. The van der Waals surface area contributed by atoms with Gasteiger partial charge < -0.3 is 14.6 Å². The van der Waals surface area contributed by atoms with Gasteiger partial charge >= 0.3 is 5.97 Å². The number of rotatable bonds is 3. The van der Waals surface area contributed by atoms with Crippen molar-refractivity contribution in [3.63, 3.8) is 0 Å². The molecule has 0 saturated carbocycles. The van der Waals surface area contributed by atoms with E-state index in [2.05, 4.69) is 0 Å². The summed E-state index contributed by atoms with van der Waals surface area (Å²) in [6.07, 6.45) is 4.73. The number of carboxylic acids is 1. The number of nitrogens with zero attached hydrogens (tertiary/aromatic N) is 2. The van der Waals surface area contributed by atoms with E-state index in [0.717, 1.165) is 32.4 Å². The molecule has 1 amide bonds. The lowest BCUT2D eigenvalue weighted by atomic mass is 10.1. The van der Waals surface area contributed by atoms with Gasteiger partial charge in [0.25, 0.3) is 0 Å². The summed E-state index contributed by atoms with van der Waals surface area (Å²) in [6.45, 7) is 1.71. The Kier molecular flexibility index (Phi) is 4.07. The number of hydrogen-bond acceptors (Lipinski definition) is 2. The smallest absolute Gasteiger partial charge is 0.337 e. The molecule has 22 heavy (non-hydrogen) atoms. The number of carboxylic acid groups (broad SMARTS) is 1. The average molecular weight is 321 g/mol. The van der Waals surface area contributed by atoms with Gasteiger partial charge in [0.05, 0.1) is 16.1 Å². The van der Waals surface area contributed by atoms with Crippen LogP contribution < -0.4 is 0 Å². The molecule has 1 aliphatic heterocycles. The zero-order chi connectivity index (χ0) is 15.7. The number of aromatic carboxylic acids is 1. The molecule has 6 heteroatoms. The fraction of sp³-hybridized carbons (Fsp3) is 0.375. The molecule has 1 aromatic carbocycles. The summed E-state index contributed by atoms with van der Waals surface area (Å²) >= 11 is 6.13. The number of amides is 1. The van der Waals surface area contributed by atoms with Crippen LogP contribution in [0.25, 0.3) is 10.9 Å². The molecule has 5 nitrogen and oxygen atoms in total. The maximum atomic E-state index is 12.4. The standard InChI is InChI=1S/C16H17ClN2O3/c17-12-5-4-6-13-15(12)11(16(21)22)9-19(13)10-14(20)18-7-2-1-3-8-18/h4-6,9H,1-3,7-8,10H2,(H,21,22). The van der Waals surface area contributed by atoms with Crippen LogP contribution in [0, 0.1) is 0 Å². The topological polar surface area (TPSA) is 62.5 Å². The van der Waals surface area contributed by atoms with E-state index >= 15 is 0 Å². The monoisotopic (exact) mass is 320 g/mol. The molecule has 0 unspecified atom stereocenters. The molecule has 1 fully saturated rings. The van der Waals surface area contributed by atoms with E-state index in [1.807, 2.05) is 4.90 Å². The van der Waals surface area contributed by atoms with E-state index in [1.54, 1.807) is 22.8 Å². The number of piperidine rings is 1. The van der Waals surface area contributed by atoms with Crippen molar-refractivity contribution >= 4 is 34.4 Å². The van der Waals surface area contributed by atoms with E-state index in [9.17, 15) is 14.7 Å². The predicted octanol–water partition coefficient (Wildman–Crippen LogP) is 3.01. The van der Waals surface area contributed by atoms with Gasteiger partial charge in [0, 0.05) is 24.7 Å². The molecule has 116 valence electrons. The number of carbonyl (C=O) groups is 2. The van der Waals surface area contributed by atoms with E-state index < -0.39 is 5.97 Å². The molecule has 0 atom stereocenters. The molecule has 0 radical (unpaired) electrons. The number of carbonyl (C=O) groups excluding carboxylic acids is 1. The first-order valence-corrected chi connectivity index (χ1v) is 7.74. The van der Waals surface area contributed by atoms with Crippen LogP contribution >= 0.6 is 11.6 Å². The normalized spacial score (nSPS) is 15.2. The first kappa shape index (κ1) is 14.9. The van der Waals surface area contributed by atoms with Crippen molar-refractivity contribution in [2.24, 2.45) is 0 Å². The second kappa shape index (κ2) is 6.01. The van der Waals surface area contributed by atoms with E-state index in [1.165, 1.54) is 6.20 Å². The summed E-state index contributed by atoms with van der Waals surface area (Å²) in [5, 5.41) is 10.2. The fourth-order valence-electron chi connectivity index (χ4n) is 2.99. The Bertz CT molecular complexity index is 732. The summed E-state index contributed by atoms with van der Waals surface area (Å²) in [5.74, 6) is -1.02. The van der Waals surface area contributed by atoms with Crippen LogP contribution in [0.3, 0.4) is 0 Å². The third-order valence-corrected chi connectivity index (χ3v) is 4.42. The Hall–Kier alpha value is -2.01. The Labute approximate surface area is 133 Å². The highest BCUT2D eigenvalue weighted by Gasteiger charge is 2.21. The minimum absolute atomic E-state index is 0.0218. The van der Waals surface area contributed by atoms with Gasteiger partial charge in [-0.15, -0.1) is 0 Å². The molecule has 2 heterocycles. The van der Waals surface area contributed by atoms with Crippen LogP contribution in [0.1, 0.15) is 29.6 Å². The van der Waals surface area contributed by atoms with Gasteiger partial charge in [-0.05, 0) is 31.4 Å². The van der Waals surface area contributed by atoms with Crippen molar-refractivity contribution in [3.8, 4) is 0 Å². The number of halogens is 1. The minimum Gasteiger partial charge on any atom is -0.478 e. The number of benzene rings is 1. The number of aromatic nitrogens is 1. The van der Waals surface area contributed by atoms with Crippen LogP contribution in [0.5, 0.6) is 0 Å². The number of fused-ring (bicyclic) bond motifs is 1. The zero-order valence-corrected chi connectivity index (χ0v) is 12.8. The first-order chi connectivity index (χ1) is 10.6. The van der Waals surface area contributed by atoms with Crippen LogP contribution in [0.4, 0.5) is 0 Å². The lowest BCUT2D eigenvalue weighted by molar-refractivity contribution is -0.132. The molecule has 1 aromatic heterocycles. The summed E-state index contributed by atoms with van der Waals surface area (Å²) in [4.78, 5) is 25.6. The first-order valence-electron chi connectivity index (χ1n) is 7.36. The van der Waals surface area contributed by atoms with E-state index in [-0.39, 0.29) is 18.0 Å². The van der Waals surface area contributed by atoms with Crippen molar-refractivity contribution in [2.45, 2.75) is 25.8 Å². The van der Waals surface area contributed by atoms with Gasteiger partial charge in [0.15, 0.2) is 0 Å². The van der Waals surface area contributed by atoms with Gasteiger partial charge in [-0.25, -0.2) is 4.79 Å². The molecule has 0 spiro atoms. The van der Waals surface area contributed by atoms with Crippen molar-refractivity contribution < 1.29 is 14.7 Å². The quantitative estimate of drug-likeness (QED) is 0.945. The van der Waals surface area contributed by atoms with E-state index in [0.29, 0.717) is 15.9 Å². The molecule has 1 N–H and O–H groups in total.